The zero-order valence-electron chi connectivity index (χ0n) is 21.7. The van der Waals surface area contributed by atoms with Gasteiger partial charge in [-0.2, -0.15) is 0 Å². The largest absolute Gasteiger partial charge is 0.548 e. The van der Waals surface area contributed by atoms with Crippen molar-refractivity contribution in [1.29, 1.82) is 0 Å². The summed E-state index contributed by atoms with van der Waals surface area (Å²) in [7, 11) is 0. The van der Waals surface area contributed by atoms with E-state index in [-0.39, 0.29) is 25.5 Å². The van der Waals surface area contributed by atoms with Gasteiger partial charge >= 0.3 is 12.2 Å². The summed E-state index contributed by atoms with van der Waals surface area (Å²) in [6.45, 7) is 5.55. The van der Waals surface area contributed by atoms with Gasteiger partial charge in [-0.15, -0.1) is 0 Å². The lowest BCUT2D eigenvalue weighted by molar-refractivity contribution is -0.308. The van der Waals surface area contributed by atoms with E-state index in [9.17, 15) is 19.5 Å². The fourth-order valence-corrected chi connectivity index (χ4v) is 4.50. The second-order valence-corrected chi connectivity index (χ2v) is 10.2. The summed E-state index contributed by atoms with van der Waals surface area (Å²) in [5.74, 6) is -1.42. The molecule has 1 aliphatic rings. The number of benzene rings is 3. The van der Waals surface area contributed by atoms with Crippen molar-refractivity contribution in [2.45, 2.75) is 51.3 Å². The Morgan fingerprint density at radius 1 is 0.842 bits per heavy atom. The van der Waals surface area contributed by atoms with Crippen LogP contribution in [0.25, 0.3) is 11.1 Å². The van der Waals surface area contributed by atoms with E-state index >= 15 is 0 Å². The van der Waals surface area contributed by atoms with Crippen LogP contribution in [0.4, 0.5) is 9.59 Å². The van der Waals surface area contributed by atoms with E-state index in [1.54, 1.807) is 45.0 Å². The number of carbonyl (C=O) groups excluding carboxylic acids is 3. The minimum absolute atomic E-state index is 0.0154. The standard InChI is InChI=1S/C30H32N2O6/c1-30(2,3)38-29(36)32-26(27(33)34)16-19-12-14-20(15-13-19)17-31-28(35)37-18-25-23-10-6-4-8-21(23)22-9-5-7-11-24(22)25/h4-15,25-26H,16-18H2,1-3H3,(H,31,35)(H,32,36)(H,33,34)/p-1/t26-/m1/s1. The molecular weight excluding hydrogens is 484 g/mol. The molecule has 8 nitrogen and oxygen atoms in total. The number of carboxylic acids is 1. The lowest BCUT2D eigenvalue weighted by Gasteiger charge is -2.24. The first-order valence-electron chi connectivity index (χ1n) is 12.5. The third kappa shape index (κ3) is 6.70. The average Bonchev–Trinajstić information content (AvgIpc) is 3.19. The number of hydrogen-bond acceptors (Lipinski definition) is 6. The van der Waals surface area contributed by atoms with Crippen molar-refractivity contribution >= 4 is 18.2 Å². The fourth-order valence-electron chi connectivity index (χ4n) is 4.50. The Hall–Kier alpha value is -4.33. The highest BCUT2D eigenvalue weighted by Crippen LogP contribution is 2.44. The zero-order chi connectivity index (χ0) is 27.3. The van der Waals surface area contributed by atoms with Gasteiger partial charge < -0.3 is 30.0 Å². The predicted octanol–water partition coefficient (Wildman–Crippen LogP) is 3.91. The van der Waals surface area contributed by atoms with Crippen molar-refractivity contribution in [3.05, 3.63) is 95.1 Å². The molecule has 8 heteroatoms. The van der Waals surface area contributed by atoms with E-state index in [0.29, 0.717) is 5.56 Å². The van der Waals surface area contributed by atoms with Gasteiger partial charge in [-0.1, -0.05) is 72.8 Å². The van der Waals surface area contributed by atoms with E-state index < -0.39 is 29.8 Å². The number of carbonyl (C=O) groups is 3. The Bertz CT molecular complexity index is 1270. The highest BCUT2D eigenvalue weighted by molar-refractivity contribution is 5.80. The van der Waals surface area contributed by atoms with Crippen LogP contribution in [0.3, 0.4) is 0 Å². The van der Waals surface area contributed by atoms with Gasteiger partial charge in [0.15, 0.2) is 0 Å². The molecular formula is C30H31N2O6-. The van der Waals surface area contributed by atoms with E-state index in [1.165, 1.54) is 11.1 Å². The summed E-state index contributed by atoms with van der Waals surface area (Å²) in [4.78, 5) is 35.9. The predicted molar refractivity (Wildman–Crippen MR) is 140 cm³/mol. The molecule has 2 amide bonds. The second kappa shape index (κ2) is 11.4. The SMILES string of the molecule is CC(C)(C)OC(=O)N[C@H](Cc1ccc(CNC(=O)OCC2c3ccccc3-c3ccccc32)cc1)C(=O)[O-]. The maximum absolute atomic E-state index is 12.4. The molecule has 198 valence electrons. The van der Waals surface area contributed by atoms with E-state index in [4.69, 9.17) is 9.47 Å². The number of rotatable bonds is 8. The molecule has 0 aromatic heterocycles. The Morgan fingerprint density at radius 3 is 1.95 bits per heavy atom. The van der Waals surface area contributed by atoms with Crippen LogP contribution in [0, 0.1) is 0 Å². The number of hydrogen-bond donors (Lipinski definition) is 2. The van der Waals surface area contributed by atoms with Crippen LogP contribution in [0.1, 0.15) is 48.9 Å². The zero-order valence-corrected chi connectivity index (χ0v) is 21.7. The fraction of sp³-hybridized carbons (Fsp3) is 0.300. The summed E-state index contributed by atoms with van der Waals surface area (Å²) in [5.41, 5.74) is 5.37. The van der Waals surface area contributed by atoms with E-state index in [1.807, 2.05) is 24.3 Å². The van der Waals surface area contributed by atoms with Gasteiger partial charge in [-0.3, -0.25) is 0 Å². The minimum Gasteiger partial charge on any atom is -0.548 e. The average molecular weight is 516 g/mol. The number of fused-ring (bicyclic) bond motifs is 3. The third-order valence-corrected chi connectivity index (χ3v) is 6.22. The molecule has 0 saturated carbocycles. The third-order valence-electron chi connectivity index (χ3n) is 6.22. The van der Waals surface area contributed by atoms with Crippen molar-refractivity contribution in [1.82, 2.24) is 10.6 Å². The van der Waals surface area contributed by atoms with Crippen molar-refractivity contribution < 1.29 is 29.0 Å². The smallest absolute Gasteiger partial charge is 0.408 e. The molecule has 0 radical (unpaired) electrons. The summed E-state index contributed by atoms with van der Waals surface area (Å²) in [6.07, 6.45) is -1.31. The highest BCUT2D eigenvalue weighted by Gasteiger charge is 2.29. The molecule has 0 bridgehead atoms. The van der Waals surface area contributed by atoms with Crippen LogP contribution in [0.5, 0.6) is 0 Å². The maximum Gasteiger partial charge on any atom is 0.408 e. The Balaban J connectivity index is 1.28. The number of ether oxygens (including phenoxy) is 2. The summed E-state index contributed by atoms with van der Waals surface area (Å²) in [5, 5.41) is 16.6. The number of alkyl carbamates (subject to hydrolysis) is 2. The molecule has 4 rings (SSSR count). The van der Waals surface area contributed by atoms with Gasteiger partial charge in [0, 0.05) is 12.5 Å². The van der Waals surface area contributed by atoms with Crippen LogP contribution in [0.2, 0.25) is 0 Å². The summed E-state index contributed by atoms with van der Waals surface area (Å²) in [6, 6.07) is 22.1. The van der Waals surface area contributed by atoms with Crippen LogP contribution in [-0.4, -0.2) is 36.4 Å². The number of nitrogens with one attached hydrogen (secondary N) is 2. The summed E-state index contributed by atoms with van der Waals surface area (Å²) >= 11 is 0. The maximum atomic E-state index is 12.4. The second-order valence-electron chi connectivity index (χ2n) is 10.2. The lowest BCUT2D eigenvalue weighted by Crippen LogP contribution is -2.50. The van der Waals surface area contributed by atoms with Gasteiger partial charge in [0.25, 0.3) is 0 Å². The Labute approximate surface area is 222 Å². The van der Waals surface area contributed by atoms with Crippen molar-refractivity contribution in [2.75, 3.05) is 6.61 Å². The van der Waals surface area contributed by atoms with Gasteiger partial charge in [-0.05, 0) is 60.6 Å². The van der Waals surface area contributed by atoms with Crippen LogP contribution in [-0.2, 0) is 27.2 Å². The van der Waals surface area contributed by atoms with Crippen LogP contribution < -0.4 is 15.7 Å². The molecule has 0 unspecified atom stereocenters. The quantitative estimate of drug-likeness (QED) is 0.470. The molecule has 0 spiro atoms. The normalized spacial score (nSPS) is 13.1. The molecule has 1 aliphatic carbocycles. The first-order chi connectivity index (χ1) is 18.1. The summed E-state index contributed by atoms with van der Waals surface area (Å²) < 4.78 is 10.7. The van der Waals surface area contributed by atoms with Crippen molar-refractivity contribution in [3.8, 4) is 11.1 Å². The molecule has 0 fully saturated rings. The van der Waals surface area contributed by atoms with Gasteiger partial charge in [0.1, 0.15) is 12.2 Å². The van der Waals surface area contributed by atoms with Gasteiger partial charge in [-0.25, -0.2) is 9.59 Å². The Kier molecular flexibility index (Phi) is 8.00. The Morgan fingerprint density at radius 2 is 1.39 bits per heavy atom. The highest BCUT2D eigenvalue weighted by atomic mass is 16.6. The first kappa shape index (κ1) is 26.7. The monoisotopic (exact) mass is 515 g/mol. The van der Waals surface area contributed by atoms with Crippen molar-refractivity contribution in [2.24, 2.45) is 0 Å². The molecule has 0 aliphatic heterocycles. The van der Waals surface area contributed by atoms with Crippen molar-refractivity contribution in [3.63, 3.8) is 0 Å². The van der Waals surface area contributed by atoms with E-state index in [0.717, 1.165) is 16.7 Å². The molecule has 38 heavy (non-hydrogen) atoms. The molecule has 0 saturated heterocycles. The topological polar surface area (TPSA) is 117 Å². The number of carboxylic acid groups (broad SMARTS) is 1. The number of aliphatic carboxylic acids is 1. The first-order valence-corrected chi connectivity index (χ1v) is 12.5. The molecule has 2 N–H and O–H groups in total. The molecule has 1 atom stereocenters. The van der Waals surface area contributed by atoms with E-state index in [2.05, 4.69) is 34.9 Å². The minimum atomic E-state index is -1.41. The van der Waals surface area contributed by atoms with Crippen LogP contribution >= 0.6 is 0 Å². The molecule has 3 aromatic rings. The number of amides is 2. The van der Waals surface area contributed by atoms with Gasteiger partial charge in [0.2, 0.25) is 0 Å². The molecule has 3 aromatic carbocycles. The molecule has 0 heterocycles. The van der Waals surface area contributed by atoms with Crippen LogP contribution in [0.15, 0.2) is 72.8 Å². The van der Waals surface area contributed by atoms with Gasteiger partial charge in [0.05, 0.1) is 12.0 Å². The lowest BCUT2D eigenvalue weighted by atomic mass is 9.98.